The molecule has 0 aromatic carbocycles. The molecule has 0 bridgehead atoms. The fourth-order valence-electron chi connectivity index (χ4n) is 2.93. The van der Waals surface area contributed by atoms with Crippen molar-refractivity contribution in [3.8, 4) is 0 Å². The van der Waals surface area contributed by atoms with E-state index >= 15 is 0 Å². The van der Waals surface area contributed by atoms with Crippen LogP contribution in [0.25, 0.3) is 0 Å². The zero-order valence-corrected chi connectivity index (χ0v) is 10.8. The molecule has 2 N–H and O–H groups in total. The van der Waals surface area contributed by atoms with Gasteiger partial charge in [-0.3, -0.25) is 15.0 Å². The summed E-state index contributed by atoms with van der Waals surface area (Å²) in [5.41, 5.74) is 0. The van der Waals surface area contributed by atoms with Gasteiger partial charge in [0.2, 0.25) is 5.91 Å². The molecule has 2 fully saturated rings. The van der Waals surface area contributed by atoms with Gasteiger partial charge in [-0.05, 0) is 38.8 Å². The number of carbonyl (C=O) groups is 2. The van der Waals surface area contributed by atoms with E-state index in [0.717, 1.165) is 25.9 Å². The van der Waals surface area contributed by atoms with Gasteiger partial charge in [0.05, 0.1) is 13.7 Å². The minimum Gasteiger partial charge on any atom is -0.453 e. The average Bonchev–Trinajstić information content (AvgIpc) is 2.98. The molecule has 0 saturated carbocycles. The third-order valence-electron chi connectivity index (χ3n) is 3.75. The number of methoxy groups -OCH3 is 1. The number of nitrogens with zero attached hydrogens (tertiary/aromatic N) is 1. The van der Waals surface area contributed by atoms with E-state index in [4.69, 9.17) is 0 Å². The molecule has 0 aliphatic carbocycles. The third kappa shape index (κ3) is 3.20. The largest absolute Gasteiger partial charge is 0.453 e. The minimum atomic E-state index is -0.685. The number of ether oxygens (including phenoxy) is 1. The SMILES string of the molecule is COC(=O)NC(=O)CN1CCCC1C1CCCN1. The number of hydrogen-bond donors (Lipinski definition) is 2. The number of rotatable bonds is 3. The van der Waals surface area contributed by atoms with Crippen LogP contribution in [0.5, 0.6) is 0 Å². The summed E-state index contributed by atoms with van der Waals surface area (Å²) in [6.45, 7) is 2.28. The quantitative estimate of drug-likeness (QED) is 0.747. The summed E-state index contributed by atoms with van der Waals surface area (Å²) in [7, 11) is 1.25. The second kappa shape index (κ2) is 6.15. The fourth-order valence-corrected chi connectivity index (χ4v) is 2.93. The third-order valence-corrected chi connectivity index (χ3v) is 3.75. The van der Waals surface area contributed by atoms with Crippen molar-refractivity contribution < 1.29 is 14.3 Å². The van der Waals surface area contributed by atoms with Gasteiger partial charge in [-0.25, -0.2) is 4.79 Å². The first kappa shape index (κ1) is 13.3. The normalized spacial score (nSPS) is 28.3. The van der Waals surface area contributed by atoms with Gasteiger partial charge >= 0.3 is 6.09 Å². The lowest BCUT2D eigenvalue weighted by Crippen LogP contribution is -2.48. The smallest absolute Gasteiger partial charge is 0.413 e. The molecule has 0 aromatic rings. The van der Waals surface area contributed by atoms with E-state index in [1.54, 1.807) is 0 Å². The maximum absolute atomic E-state index is 11.7. The van der Waals surface area contributed by atoms with E-state index in [-0.39, 0.29) is 12.5 Å². The predicted molar refractivity (Wildman–Crippen MR) is 66.2 cm³/mol. The Bertz CT molecular complexity index is 316. The van der Waals surface area contributed by atoms with Gasteiger partial charge in [0, 0.05) is 12.1 Å². The molecule has 2 atom stereocenters. The van der Waals surface area contributed by atoms with Crippen molar-refractivity contribution in [2.75, 3.05) is 26.7 Å². The van der Waals surface area contributed by atoms with E-state index in [1.807, 2.05) is 0 Å². The second-order valence-corrected chi connectivity index (χ2v) is 4.92. The lowest BCUT2D eigenvalue weighted by Gasteiger charge is -2.28. The Labute approximate surface area is 107 Å². The number of amides is 2. The fraction of sp³-hybridized carbons (Fsp3) is 0.833. The highest BCUT2D eigenvalue weighted by molar-refractivity contribution is 5.92. The van der Waals surface area contributed by atoms with Crippen molar-refractivity contribution in [3.05, 3.63) is 0 Å². The van der Waals surface area contributed by atoms with Gasteiger partial charge in [0.1, 0.15) is 0 Å². The van der Waals surface area contributed by atoms with Crippen molar-refractivity contribution in [1.82, 2.24) is 15.5 Å². The molecule has 2 unspecified atom stereocenters. The first-order valence-electron chi connectivity index (χ1n) is 6.56. The minimum absolute atomic E-state index is 0.276. The van der Waals surface area contributed by atoms with E-state index in [1.165, 1.54) is 20.0 Å². The lowest BCUT2D eigenvalue weighted by molar-refractivity contribution is -0.121. The highest BCUT2D eigenvalue weighted by atomic mass is 16.5. The van der Waals surface area contributed by atoms with Gasteiger partial charge in [-0.15, -0.1) is 0 Å². The summed E-state index contributed by atoms with van der Waals surface area (Å²) in [4.78, 5) is 24.8. The maximum Gasteiger partial charge on any atom is 0.413 e. The van der Waals surface area contributed by atoms with Crippen LogP contribution in [0.3, 0.4) is 0 Å². The number of imide groups is 1. The molecule has 0 spiro atoms. The molecule has 2 heterocycles. The van der Waals surface area contributed by atoms with Crippen LogP contribution in [0, 0.1) is 0 Å². The number of carbonyl (C=O) groups excluding carboxylic acids is 2. The maximum atomic E-state index is 11.7. The van der Waals surface area contributed by atoms with Crippen molar-refractivity contribution >= 4 is 12.0 Å². The molecule has 2 saturated heterocycles. The zero-order chi connectivity index (χ0) is 13.0. The summed E-state index contributed by atoms with van der Waals surface area (Å²) < 4.78 is 4.41. The molecule has 102 valence electrons. The highest BCUT2D eigenvalue weighted by Gasteiger charge is 2.34. The highest BCUT2D eigenvalue weighted by Crippen LogP contribution is 2.24. The average molecular weight is 255 g/mol. The summed E-state index contributed by atoms with van der Waals surface area (Å²) >= 11 is 0. The van der Waals surface area contributed by atoms with E-state index in [2.05, 4.69) is 20.3 Å². The first-order chi connectivity index (χ1) is 8.70. The van der Waals surface area contributed by atoms with Crippen LogP contribution in [-0.2, 0) is 9.53 Å². The van der Waals surface area contributed by atoms with Crippen LogP contribution in [0.1, 0.15) is 25.7 Å². The van der Waals surface area contributed by atoms with Gasteiger partial charge in [0.15, 0.2) is 0 Å². The molecule has 0 radical (unpaired) electrons. The molecule has 6 nitrogen and oxygen atoms in total. The Hall–Kier alpha value is -1.14. The van der Waals surface area contributed by atoms with E-state index in [9.17, 15) is 9.59 Å². The van der Waals surface area contributed by atoms with E-state index < -0.39 is 6.09 Å². The summed E-state index contributed by atoms with van der Waals surface area (Å²) in [5.74, 6) is -0.285. The van der Waals surface area contributed by atoms with Gasteiger partial charge < -0.3 is 10.1 Å². The Morgan fingerprint density at radius 2 is 2.22 bits per heavy atom. The Morgan fingerprint density at radius 3 is 2.89 bits per heavy atom. The molecule has 6 heteroatoms. The first-order valence-corrected chi connectivity index (χ1v) is 6.56. The summed E-state index contributed by atoms with van der Waals surface area (Å²) in [6.07, 6.45) is 3.95. The monoisotopic (exact) mass is 255 g/mol. The van der Waals surface area contributed by atoms with Crippen molar-refractivity contribution in [2.45, 2.75) is 37.8 Å². The van der Waals surface area contributed by atoms with E-state index in [0.29, 0.717) is 12.1 Å². The molecule has 0 aromatic heterocycles. The predicted octanol–water partition coefficient (Wildman–Crippen LogP) is 0.0854. The Morgan fingerprint density at radius 1 is 1.39 bits per heavy atom. The Balaban J connectivity index is 1.83. The Kier molecular flexibility index (Phi) is 4.54. The number of hydrogen-bond acceptors (Lipinski definition) is 5. The van der Waals surface area contributed by atoms with Crippen molar-refractivity contribution in [3.63, 3.8) is 0 Å². The molecule has 2 aliphatic rings. The molecular formula is C12H21N3O3. The lowest BCUT2D eigenvalue weighted by atomic mass is 10.0. The van der Waals surface area contributed by atoms with Crippen molar-refractivity contribution in [1.29, 1.82) is 0 Å². The molecular weight excluding hydrogens is 234 g/mol. The second-order valence-electron chi connectivity index (χ2n) is 4.92. The molecule has 2 aliphatic heterocycles. The van der Waals surface area contributed by atoms with Crippen LogP contribution in [-0.4, -0.2) is 55.7 Å². The van der Waals surface area contributed by atoms with Crippen LogP contribution >= 0.6 is 0 Å². The number of likely N-dealkylation sites (tertiary alicyclic amines) is 1. The molecule has 18 heavy (non-hydrogen) atoms. The topological polar surface area (TPSA) is 70.7 Å². The number of alkyl carbamates (subject to hydrolysis) is 1. The van der Waals surface area contributed by atoms with Crippen LogP contribution in [0.4, 0.5) is 4.79 Å². The summed E-state index contributed by atoms with van der Waals surface area (Å²) in [6, 6.07) is 0.925. The number of nitrogens with one attached hydrogen (secondary N) is 2. The van der Waals surface area contributed by atoms with Crippen LogP contribution < -0.4 is 10.6 Å². The standard InChI is InChI=1S/C12H21N3O3/c1-18-12(17)14-11(16)8-15-7-3-5-10(15)9-4-2-6-13-9/h9-10,13H,2-8H2,1H3,(H,14,16,17). The van der Waals surface area contributed by atoms with Crippen LogP contribution in [0.2, 0.25) is 0 Å². The summed E-state index contributed by atoms with van der Waals surface area (Å²) in [5, 5.41) is 5.69. The van der Waals surface area contributed by atoms with Gasteiger partial charge in [0.25, 0.3) is 0 Å². The van der Waals surface area contributed by atoms with Crippen molar-refractivity contribution in [2.24, 2.45) is 0 Å². The van der Waals surface area contributed by atoms with Crippen LogP contribution in [0.15, 0.2) is 0 Å². The zero-order valence-electron chi connectivity index (χ0n) is 10.8. The van der Waals surface area contributed by atoms with Gasteiger partial charge in [-0.1, -0.05) is 0 Å². The van der Waals surface area contributed by atoms with Gasteiger partial charge in [-0.2, -0.15) is 0 Å². The molecule has 2 amide bonds. The molecule has 2 rings (SSSR count).